The molecule has 1 heterocycles. The fourth-order valence-corrected chi connectivity index (χ4v) is 1.35. The second-order valence-corrected chi connectivity index (χ2v) is 3.24. The molecule has 0 saturated carbocycles. The predicted molar refractivity (Wildman–Crippen MR) is 57.1 cm³/mol. The minimum absolute atomic E-state index is 0.0921. The van der Waals surface area contributed by atoms with Crippen molar-refractivity contribution in [1.82, 2.24) is 15.1 Å². The number of hydrogen-bond donors (Lipinski definition) is 1. The Morgan fingerprint density at radius 2 is 1.93 bits per heavy atom. The molecule has 1 aliphatic rings. The lowest BCUT2D eigenvalue weighted by molar-refractivity contribution is -0.126. The molecular formula is C10H15N3O2. The standard InChI is InChI=1S/C10H15N3O2/c1-3-5-12(6-4-2)8-13-9(14)7-11-10(13)15/h3-4H,1-2,5-8H2,(H,11,15). The molecule has 1 aliphatic heterocycles. The molecule has 0 radical (unpaired) electrons. The van der Waals surface area contributed by atoms with Gasteiger partial charge in [0.2, 0.25) is 0 Å². The number of carbonyl (C=O) groups is 2. The molecule has 0 aliphatic carbocycles. The van der Waals surface area contributed by atoms with Crippen LogP contribution in [0.5, 0.6) is 0 Å². The summed E-state index contributed by atoms with van der Waals surface area (Å²) < 4.78 is 0. The van der Waals surface area contributed by atoms with Crippen LogP contribution >= 0.6 is 0 Å². The summed E-state index contributed by atoms with van der Waals surface area (Å²) in [4.78, 5) is 25.6. The first-order chi connectivity index (χ1) is 7.19. The normalized spacial score (nSPS) is 15.7. The maximum absolute atomic E-state index is 11.3. The minimum Gasteiger partial charge on any atom is -0.328 e. The van der Waals surface area contributed by atoms with Crippen LogP contribution in [0.25, 0.3) is 0 Å². The van der Waals surface area contributed by atoms with Crippen LogP contribution in [0.1, 0.15) is 0 Å². The summed E-state index contributed by atoms with van der Waals surface area (Å²) in [7, 11) is 0. The highest BCUT2D eigenvalue weighted by atomic mass is 16.2. The van der Waals surface area contributed by atoms with Gasteiger partial charge in [0.1, 0.15) is 0 Å². The number of rotatable bonds is 6. The van der Waals surface area contributed by atoms with Gasteiger partial charge in [-0.3, -0.25) is 9.69 Å². The number of imide groups is 1. The average Bonchev–Trinajstić information content (AvgIpc) is 2.50. The van der Waals surface area contributed by atoms with Crippen LogP contribution in [0.3, 0.4) is 0 Å². The van der Waals surface area contributed by atoms with Crippen LogP contribution < -0.4 is 5.32 Å². The Balaban J connectivity index is 2.55. The van der Waals surface area contributed by atoms with Crippen molar-refractivity contribution in [3.8, 4) is 0 Å². The van der Waals surface area contributed by atoms with Gasteiger partial charge in [-0.2, -0.15) is 0 Å². The van der Waals surface area contributed by atoms with E-state index < -0.39 is 0 Å². The fraction of sp³-hybridized carbons (Fsp3) is 0.400. The van der Waals surface area contributed by atoms with Gasteiger partial charge >= 0.3 is 6.03 Å². The molecule has 1 rings (SSSR count). The number of hydrogen-bond acceptors (Lipinski definition) is 3. The Morgan fingerprint density at radius 1 is 1.33 bits per heavy atom. The summed E-state index contributed by atoms with van der Waals surface area (Å²) >= 11 is 0. The molecule has 1 saturated heterocycles. The molecule has 0 aromatic rings. The van der Waals surface area contributed by atoms with Crippen molar-refractivity contribution >= 4 is 11.9 Å². The quantitative estimate of drug-likeness (QED) is 0.501. The van der Waals surface area contributed by atoms with Crippen LogP contribution in [0.15, 0.2) is 25.3 Å². The molecule has 0 aromatic carbocycles. The van der Waals surface area contributed by atoms with Gasteiger partial charge in [0.05, 0.1) is 13.2 Å². The Kier molecular flexibility index (Phi) is 4.05. The number of amides is 3. The largest absolute Gasteiger partial charge is 0.328 e. The zero-order chi connectivity index (χ0) is 11.3. The molecule has 0 aromatic heterocycles. The summed E-state index contributed by atoms with van der Waals surface area (Å²) in [5.74, 6) is -0.196. The van der Waals surface area contributed by atoms with E-state index in [1.807, 2.05) is 4.90 Å². The maximum atomic E-state index is 11.3. The summed E-state index contributed by atoms with van der Waals surface area (Å²) in [5, 5.41) is 2.47. The molecule has 1 N–H and O–H groups in total. The maximum Gasteiger partial charge on any atom is 0.325 e. The smallest absolute Gasteiger partial charge is 0.325 e. The molecule has 5 heteroatoms. The number of nitrogens with zero attached hydrogens (tertiary/aromatic N) is 2. The van der Waals surface area contributed by atoms with Gasteiger partial charge in [-0.25, -0.2) is 9.69 Å². The van der Waals surface area contributed by atoms with Gasteiger partial charge in [0.25, 0.3) is 5.91 Å². The summed E-state index contributed by atoms with van der Waals surface area (Å²) in [6.45, 7) is 8.83. The molecule has 5 nitrogen and oxygen atoms in total. The van der Waals surface area contributed by atoms with Crippen molar-refractivity contribution in [1.29, 1.82) is 0 Å². The average molecular weight is 209 g/mol. The van der Waals surface area contributed by atoms with Crippen molar-refractivity contribution in [3.63, 3.8) is 0 Å². The van der Waals surface area contributed by atoms with E-state index in [2.05, 4.69) is 18.5 Å². The molecule has 3 amide bonds. The van der Waals surface area contributed by atoms with Gasteiger partial charge in [0, 0.05) is 13.1 Å². The highest BCUT2D eigenvalue weighted by molar-refractivity contribution is 6.01. The Labute approximate surface area is 89.0 Å². The topological polar surface area (TPSA) is 52.6 Å². The van der Waals surface area contributed by atoms with Gasteiger partial charge < -0.3 is 5.32 Å². The molecular weight excluding hydrogens is 194 g/mol. The second-order valence-electron chi connectivity index (χ2n) is 3.24. The van der Waals surface area contributed by atoms with E-state index in [4.69, 9.17) is 0 Å². The third-order valence-corrected chi connectivity index (χ3v) is 2.05. The molecule has 0 bridgehead atoms. The zero-order valence-electron chi connectivity index (χ0n) is 8.61. The molecule has 0 unspecified atom stereocenters. The predicted octanol–water partition coefficient (Wildman–Crippen LogP) is 0.170. The number of urea groups is 1. The van der Waals surface area contributed by atoms with E-state index in [-0.39, 0.29) is 25.2 Å². The molecule has 82 valence electrons. The first-order valence-electron chi connectivity index (χ1n) is 4.71. The van der Waals surface area contributed by atoms with E-state index in [1.54, 1.807) is 12.2 Å². The number of nitrogens with one attached hydrogen (secondary N) is 1. The zero-order valence-corrected chi connectivity index (χ0v) is 8.61. The van der Waals surface area contributed by atoms with Gasteiger partial charge in [-0.1, -0.05) is 12.2 Å². The summed E-state index contributed by atoms with van der Waals surface area (Å²) in [5.41, 5.74) is 0. The second kappa shape index (κ2) is 5.31. The van der Waals surface area contributed by atoms with E-state index in [0.29, 0.717) is 13.1 Å². The summed E-state index contributed by atoms with van der Waals surface area (Å²) in [6, 6.07) is -0.335. The van der Waals surface area contributed by atoms with E-state index >= 15 is 0 Å². The Morgan fingerprint density at radius 3 is 2.33 bits per heavy atom. The molecule has 0 spiro atoms. The van der Waals surface area contributed by atoms with Crippen LogP contribution in [0, 0.1) is 0 Å². The van der Waals surface area contributed by atoms with Crippen molar-refractivity contribution in [2.75, 3.05) is 26.3 Å². The van der Waals surface area contributed by atoms with E-state index in [0.717, 1.165) is 0 Å². The van der Waals surface area contributed by atoms with E-state index in [9.17, 15) is 9.59 Å². The number of carbonyl (C=O) groups excluding carboxylic acids is 2. The lowest BCUT2D eigenvalue weighted by Gasteiger charge is -2.23. The molecule has 0 atom stereocenters. The van der Waals surface area contributed by atoms with Crippen molar-refractivity contribution in [2.24, 2.45) is 0 Å². The lowest BCUT2D eigenvalue weighted by Crippen LogP contribution is -2.41. The third kappa shape index (κ3) is 2.92. The van der Waals surface area contributed by atoms with Crippen LogP contribution in [-0.2, 0) is 4.79 Å². The van der Waals surface area contributed by atoms with Crippen molar-refractivity contribution in [2.45, 2.75) is 0 Å². The highest BCUT2D eigenvalue weighted by Crippen LogP contribution is 2.01. The van der Waals surface area contributed by atoms with Crippen LogP contribution in [-0.4, -0.2) is 48.0 Å². The SMILES string of the molecule is C=CCN(CC=C)CN1C(=O)CNC1=O. The Bertz CT molecular complexity index is 262. The highest BCUT2D eigenvalue weighted by Gasteiger charge is 2.29. The molecule has 15 heavy (non-hydrogen) atoms. The third-order valence-electron chi connectivity index (χ3n) is 2.05. The van der Waals surface area contributed by atoms with Crippen molar-refractivity contribution < 1.29 is 9.59 Å². The molecule has 1 fully saturated rings. The van der Waals surface area contributed by atoms with Crippen LogP contribution in [0.4, 0.5) is 4.79 Å². The van der Waals surface area contributed by atoms with Gasteiger partial charge in [-0.05, 0) is 0 Å². The first kappa shape index (κ1) is 11.5. The van der Waals surface area contributed by atoms with Crippen LogP contribution in [0.2, 0.25) is 0 Å². The van der Waals surface area contributed by atoms with Crippen molar-refractivity contribution in [3.05, 3.63) is 25.3 Å². The Hall–Kier alpha value is -1.62. The summed E-state index contributed by atoms with van der Waals surface area (Å²) in [6.07, 6.45) is 3.45. The minimum atomic E-state index is -0.335. The van der Waals surface area contributed by atoms with Gasteiger partial charge in [0.15, 0.2) is 0 Å². The monoisotopic (exact) mass is 209 g/mol. The van der Waals surface area contributed by atoms with E-state index in [1.165, 1.54) is 4.90 Å². The van der Waals surface area contributed by atoms with Gasteiger partial charge in [-0.15, -0.1) is 13.2 Å². The lowest BCUT2D eigenvalue weighted by atomic mass is 10.4. The fourth-order valence-electron chi connectivity index (χ4n) is 1.35. The first-order valence-corrected chi connectivity index (χ1v) is 4.71.